The number of thioether (sulfide) groups is 2. The van der Waals surface area contributed by atoms with Gasteiger partial charge in [0, 0.05) is 21.8 Å². The summed E-state index contributed by atoms with van der Waals surface area (Å²) >= 11 is 4.21. The highest BCUT2D eigenvalue weighted by Gasteiger charge is 2.55. The van der Waals surface area contributed by atoms with E-state index in [0.29, 0.717) is 28.1 Å². The predicted octanol–water partition coefficient (Wildman–Crippen LogP) is 8.73. The van der Waals surface area contributed by atoms with Gasteiger partial charge in [0.25, 0.3) is 11.8 Å². The van der Waals surface area contributed by atoms with Crippen LogP contribution < -0.4 is 10.6 Å². The van der Waals surface area contributed by atoms with Gasteiger partial charge in [-0.05, 0) is 41.7 Å². The molecule has 0 radical (unpaired) electrons. The van der Waals surface area contributed by atoms with Gasteiger partial charge in [0.2, 0.25) is 0 Å². The molecule has 2 N–H and O–H groups in total. The van der Waals surface area contributed by atoms with Gasteiger partial charge in [0.05, 0.1) is 12.7 Å². The van der Waals surface area contributed by atoms with E-state index in [1.54, 1.807) is 5.38 Å². The van der Waals surface area contributed by atoms with Crippen LogP contribution in [0.5, 0.6) is 0 Å². The number of benzene rings is 5. The third-order valence-electron chi connectivity index (χ3n) is 11.4. The van der Waals surface area contributed by atoms with Gasteiger partial charge in [-0.3, -0.25) is 14.5 Å². The molecule has 0 bridgehead atoms. The number of anilines is 1. The number of β-lactam (4-membered cyclic amide) rings is 1. The van der Waals surface area contributed by atoms with Crippen LogP contribution in [-0.4, -0.2) is 81.9 Å². The lowest BCUT2D eigenvalue weighted by Crippen LogP contribution is -2.71. The molecule has 2 fully saturated rings. The molecule has 0 saturated carbocycles. The quantitative estimate of drug-likeness (QED) is 0.0317. The Balaban J connectivity index is 0.975. The van der Waals surface area contributed by atoms with Gasteiger partial charge >= 0.3 is 5.97 Å². The van der Waals surface area contributed by atoms with Crippen molar-refractivity contribution in [1.82, 2.24) is 15.2 Å². The van der Waals surface area contributed by atoms with E-state index in [0.717, 1.165) is 27.8 Å². The van der Waals surface area contributed by atoms with Crippen LogP contribution in [0.3, 0.4) is 0 Å². The number of hydrogen-bond donors (Lipinski definition) is 2. The van der Waals surface area contributed by atoms with Gasteiger partial charge in [-0.25, -0.2) is 9.78 Å². The maximum Gasteiger partial charge on any atom is 0.356 e. The van der Waals surface area contributed by atoms with Crippen molar-refractivity contribution in [3.05, 3.63) is 201 Å². The summed E-state index contributed by atoms with van der Waals surface area (Å²) in [5.41, 5.74) is 3.95. The van der Waals surface area contributed by atoms with Crippen LogP contribution in [0, 0.1) is 0 Å². The highest BCUT2D eigenvalue weighted by Crippen LogP contribution is 2.46. The van der Waals surface area contributed by atoms with E-state index in [-0.39, 0.29) is 23.2 Å². The second-order valence-corrected chi connectivity index (χ2v) is 19.2. The molecule has 2 unspecified atom stereocenters. The first-order valence-electron chi connectivity index (χ1n) is 21.4. The Hall–Kier alpha value is -6.23. The van der Waals surface area contributed by atoms with E-state index >= 15 is 0 Å². The summed E-state index contributed by atoms with van der Waals surface area (Å²) in [6, 6.07) is 48.4. The summed E-state index contributed by atoms with van der Waals surface area (Å²) in [7, 11) is 1.35. The SMILES string of the molecule is CO/N=C(\C(=O)NC1C(=O)N2C(C(=O)OC(c3ccccc3)c3ccccc3)=C(SCC3COC(C)(C)O3)CS[C@@H]12)c1csc(NC(c2ccccc2)(c2ccccc2)c2ccccc2)n1. The zero-order valence-corrected chi connectivity index (χ0v) is 38.8. The van der Waals surface area contributed by atoms with Crippen LogP contribution in [-0.2, 0) is 39.0 Å². The van der Waals surface area contributed by atoms with Crippen molar-refractivity contribution in [3.8, 4) is 0 Å². The Morgan fingerprint density at radius 2 is 1.41 bits per heavy atom. The molecule has 2 amide bonds. The highest BCUT2D eigenvalue weighted by molar-refractivity contribution is 8.06. The summed E-state index contributed by atoms with van der Waals surface area (Å²) in [5, 5.41) is 12.4. The van der Waals surface area contributed by atoms with Gasteiger partial charge in [-0.1, -0.05) is 157 Å². The summed E-state index contributed by atoms with van der Waals surface area (Å²) in [6.07, 6.45) is -0.959. The molecule has 3 aliphatic rings. The van der Waals surface area contributed by atoms with Gasteiger partial charge in [-0.2, -0.15) is 0 Å². The first kappa shape index (κ1) is 44.9. The topological polar surface area (TPSA) is 141 Å². The van der Waals surface area contributed by atoms with E-state index in [1.807, 2.05) is 129 Å². The third-order valence-corrected chi connectivity index (χ3v) is 14.9. The van der Waals surface area contributed by atoms with Crippen molar-refractivity contribution in [2.45, 2.75) is 48.8 Å². The standard InChI is InChI=1S/C51H47N5O7S3/c1-50(2)61-29-38(63-50)30-64-40-32-65-47-42(46(58)56(47)43(40)48(59)62-44(33-19-9-4-10-20-33)34-21-11-5-12-22-34)53-45(57)41(55-60-3)39-31-66-49(52-39)54-51(35-23-13-6-14-24-35,36-25-15-7-16-26-36)37-27-17-8-18-28-37/h4-28,31,38,42,44,47H,29-30,32H2,1-3H3,(H,52,54)(H,53,57)/b55-41-/t38?,42?,47-/m0/s1. The number of hydrogen-bond acceptors (Lipinski definition) is 13. The van der Waals surface area contributed by atoms with Crippen LogP contribution in [0.2, 0.25) is 0 Å². The van der Waals surface area contributed by atoms with Crippen molar-refractivity contribution in [2.75, 3.05) is 30.5 Å². The second kappa shape index (κ2) is 19.7. The van der Waals surface area contributed by atoms with Gasteiger partial charge in [0.1, 0.15) is 35.5 Å². The average Bonchev–Trinajstić information content (AvgIpc) is 3.98. The number of nitrogens with zero attached hydrogens (tertiary/aromatic N) is 3. The molecule has 1 aromatic heterocycles. The van der Waals surface area contributed by atoms with Crippen molar-refractivity contribution < 1.29 is 33.4 Å². The Bertz CT molecular complexity index is 2590. The Kier molecular flexibility index (Phi) is 13.4. The molecule has 5 aromatic carbocycles. The fraction of sp³-hybridized carbons (Fsp3) is 0.235. The second-order valence-electron chi connectivity index (χ2n) is 16.1. The Morgan fingerprint density at radius 1 is 0.864 bits per heavy atom. The first-order valence-corrected chi connectivity index (χ1v) is 24.3. The number of carbonyl (C=O) groups excluding carboxylic acids is 3. The average molecular weight is 938 g/mol. The number of amides is 2. The summed E-state index contributed by atoms with van der Waals surface area (Å²) in [5.74, 6) is -1.60. The number of oxime groups is 1. The number of ether oxygens (including phenoxy) is 3. The zero-order chi connectivity index (χ0) is 45.7. The number of carbonyl (C=O) groups is 3. The summed E-state index contributed by atoms with van der Waals surface area (Å²) < 4.78 is 18.2. The minimum atomic E-state index is -0.983. The minimum absolute atomic E-state index is 0.111. The van der Waals surface area contributed by atoms with E-state index in [2.05, 4.69) is 52.2 Å². The number of aromatic nitrogens is 1. The number of nitrogens with one attached hydrogen (secondary N) is 2. The van der Waals surface area contributed by atoms with E-state index < -0.39 is 46.6 Å². The van der Waals surface area contributed by atoms with Crippen LogP contribution >= 0.6 is 34.9 Å². The smallest absolute Gasteiger partial charge is 0.356 e. The number of fused-ring (bicyclic) bond motifs is 1. The molecule has 4 heterocycles. The third kappa shape index (κ3) is 9.26. The number of thiazole rings is 1. The van der Waals surface area contributed by atoms with Gasteiger partial charge in [-0.15, -0.1) is 34.9 Å². The highest BCUT2D eigenvalue weighted by atomic mass is 32.2. The Morgan fingerprint density at radius 3 is 1.92 bits per heavy atom. The molecule has 66 heavy (non-hydrogen) atoms. The largest absolute Gasteiger partial charge is 0.448 e. The maximum absolute atomic E-state index is 14.6. The molecule has 9 rings (SSSR count). The molecule has 15 heteroatoms. The van der Waals surface area contributed by atoms with E-state index in [1.165, 1.54) is 46.9 Å². The monoisotopic (exact) mass is 937 g/mol. The first-order chi connectivity index (χ1) is 32.1. The lowest BCUT2D eigenvalue weighted by atomic mass is 9.77. The molecular formula is C51H47N5O7S3. The van der Waals surface area contributed by atoms with Crippen LogP contribution in [0.1, 0.15) is 53.5 Å². The zero-order valence-electron chi connectivity index (χ0n) is 36.4. The van der Waals surface area contributed by atoms with Crippen LogP contribution in [0.4, 0.5) is 5.13 Å². The van der Waals surface area contributed by atoms with Crippen molar-refractivity contribution >= 4 is 63.5 Å². The molecular weight excluding hydrogens is 891 g/mol. The van der Waals surface area contributed by atoms with Crippen molar-refractivity contribution in [1.29, 1.82) is 0 Å². The lowest BCUT2D eigenvalue weighted by Gasteiger charge is -2.49. The minimum Gasteiger partial charge on any atom is -0.448 e. The maximum atomic E-state index is 14.6. The van der Waals surface area contributed by atoms with Crippen LogP contribution in [0.15, 0.2) is 173 Å². The van der Waals surface area contributed by atoms with E-state index in [9.17, 15) is 14.4 Å². The molecule has 0 aliphatic carbocycles. The number of rotatable bonds is 16. The van der Waals surface area contributed by atoms with Crippen molar-refractivity contribution in [3.63, 3.8) is 0 Å². The van der Waals surface area contributed by atoms with Gasteiger partial charge in [0.15, 0.2) is 22.7 Å². The summed E-state index contributed by atoms with van der Waals surface area (Å²) in [6.45, 7) is 4.13. The lowest BCUT2D eigenvalue weighted by molar-refractivity contribution is -0.154. The molecule has 3 atom stereocenters. The molecule has 12 nitrogen and oxygen atoms in total. The Labute approximate surface area is 395 Å². The molecule has 6 aromatic rings. The fourth-order valence-corrected chi connectivity index (χ4v) is 11.7. The summed E-state index contributed by atoms with van der Waals surface area (Å²) in [4.78, 5) is 55.4. The van der Waals surface area contributed by atoms with E-state index in [4.69, 9.17) is 24.0 Å². The molecule has 0 spiro atoms. The van der Waals surface area contributed by atoms with Gasteiger partial charge < -0.3 is 29.7 Å². The van der Waals surface area contributed by atoms with Crippen LogP contribution in [0.25, 0.3) is 0 Å². The molecule has 3 aliphatic heterocycles. The molecule has 2 saturated heterocycles. The predicted molar refractivity (Wildman–Crippen MR) is 259 cm³/mol. The number of esters is 1. The molecule has 336 valence electrons. The van der Waals surface area contributed by atoms with Crippen molar-refractivity contribution in [2.24, 2.45) is 5.16 Å². The fourth-order valence-electron chi connectivity index (χ4n) is 8.36. The normalized spacial score (nSPS) is 19.2.